The number of nitrogens with two attached hydrogens (primary N) is 1. The Hall–Kier alpha value is -1.79. The van der Waals surface area contributed by atoms with Crippen molar-refractivity contribution < 1.29 is 8.42 Å². The predicted molar refractivity (Wildman–Crippen MR) is 75.6 cm³/mol. The lowest BCUT2D eigenvalue weighted by molar-refractivity contribution is 0.601. The van der Waals surface area contributed by atoms with E-state index >= 15 is 0 Å². The summed E-state index contributed by atoms with van der Waals surface area (Å²) in [5, 5.41) is 0.104. The van der Waals surface area contributed by atoms with E-state index in [0.717, 1.165) is 5.56 Å². The molecule has 1 heterocycles. The van der Waals surface area contributed by atoms with E-state index in [2.05, 4.69) is 9.71 Å². The molecular weight excluding hydrogens is 286 g/mol. The van der Waals surface area contributed by atoms with Crippen LogP contribution in [0, 0.1) is 6.92 Å². The standard InChI is InChI=1S/C12H12ClN3O2S/c1-8-4-2-3-5-11(8)16-19(17,18)9-6-10(13)12(14)15-7-9/h2-7,16H,1H3,(H2,14,15). The molecule has 3 N–H and O–H groups in total. The number of nitrogens with one attached hydrogen (secondary N) is 1. The van der Waals surface area contributed by atoms with E-state index in [-0.39, 0.29) is 15.7 Å². The summed E-state index contributed by atoms with van der Waals surface area (Å²) in [7, 11) is -3.73. The second kappa shape index (κ2) is 5.07. The van der Waals surface area contributed by atoms with Gasteiger partial charge in [0.25, 0.3) is 10.0 Å². The van der Waals surface area contributed by atoms with Crippen molar-refractivity contribution in [1.82, 2.24) is 4.98 Å². The molecule has 2 rings (SSSR count). The van der Waals surface area contributed by atoms with Crippen LogP contribution in [0.4, 0.5) is 11.5 Å². The first-order valence-corrected chi connectivity index (χ1v) is 7.26. The average Bonchev–Trinajstić information content (AvgIpc) is 2.35. The van der Waals surface area contributed by atoms with Gasteiger partial charge in [0, 0.05) is 6.20 Å². The fraction of sp³-hybridized carbons (Fsp3) is 0.0833. The predicted octanol–water partition coefficient (Wildman–Crippen LogP) is 2.43. The molecule has 2 aromatic rings. The maximum Gasteiger partial charge on any atom is 0.263 e. The Morgan fingerprint density at radius 3 is 2.63 bits per heavy atom. The van der Waals surface area contributed by atoms with Gasteiger partial charge in [0.2, 0.25) is 0 Å². The highest BCUT2D eigenvalue weighted by Gasteiger charge is 2.16. The molecule has 7 heteroatoms. The zero-order valence-corrected chi connectivity index (χ0v) is 11.7. The van der Waals surface area contributed by atoms with Crippen LogP contribution in [0.1, 0.15) is 5.56 Å². The van der Waals surface area contributed by atoms with Crippen LogP contribution in [0.2, 0.25) is 5.02 Å². The third-order valence-electron chi connectivity index (χ3n) is 2.54. The largest absolute Gasteiger partial charge is 0.382 e. The van der Waals surface area contributed by atoms with E-state index in [0.29, 0.717) is 5.69 Å². The number of rotatable bonds is 3. The highest BCUT2D eigenvalue weighted by molar-refractivity contribution is 7.92. The minimum absolute atomic E-state index is 0.0325. The highest BCUT2D eigenvalue weighted by atomic mass is 35.5. The first-order chi connectivity index (χ1) is 8.90. The Kier molecular flexibility index (Phi) is 3.64. The summed E-state index contributed by atoms with van der Waals surface area (Å²) in [5.41, 5.74) is 6.78. The minimum atomic E-state index is -3.73. The van der Waals surface area contributed by atoms with E-state index in [1.54, 1.807) is 12.1 Å². The van der Waals surface area contributed by atoms with Crippen LogP contribution in [0.5, 0.6) is 0 Å². The summed E-state index contributed by atoms with van der Waals surface area (Å²) < 4.78 is 26.8. The summed E-state index contributed by atoms with van der Waals surface area (Å²) >= 11 is 5.77. The number of para-hydroxylation sites is 1. The maximum absolute atomic E-state index is 12.2. The number of nitrogens with zero attached hydrogens (tertiary/aromatic N) is 1. The molecule has 0 saturated carbocycles. The second-order valence-electron chi connectivity index (χ2n) is 3.96. The van der Waals surface area contributed by atoms with Crippen LogP contribution in [-0.4, -0.2) is 13.4 Å². The Labute approximate surface area is 116 Å². The molecule has 0 aliphatic carbocycles. The second-order valence-corrected chi connectivity index (χ2v) is 6.05. The van der Waals surface area contributed by atoms with Gasteiger partial charge in [0.05, 0.1) is 10.7 Å². The molecule has 0 radical (unpaired) electrons. The van der Waals surface area contributed by atoms with Crippen molar-refractivity contribution in [3.05, 3.63) is 47.1 Å². The van der Waals surface area contributed by atoms with Crippen molar-refractivity contribution in [3.8, 4) is 0 Å². The molecule has 0 fully saturated rings. The van der Waals surface area contributed by atoms with E-state index in [9.17, 15) is 8.42 Å². The van der Waals surface area contributed by atoms with Gasteiger partial charge in [-0.3, -0.25) is 4.72 Å². The van der Waals surface area contributed by atoms with Crippen LogP contribution < -0.4 is 10.5 Å². The van der Waals surface area contributed by atoms with Crippen LogP contribution >= 0.6 is 11.6 Å². The van der Waals surface area contributed by atoms with E-state index < -0.39 is 10.0 Å². The molecule has 0 saturated heterocycles. The van der Waals surface area contributed by atoms with E-state index in [4.69, 9.17) is 17.3 Å². The van der Waals surface area contributed by atoms with Crippen LogP contribution in [0.25, 0.3) is 0 Å². The summed E-state index contributed by atoms with van der Waals surface area (Å²) in [5.74, 6) is 0.0940. The molecule has 1 aromatic heterocycles. The van der Waals surface area contributed by atoms with Gasteiger partial charge < -0.3 is 5.73 Å². The molecule has 0 spiro atoms. The molecule has 1 aromatic carbocycles. The fourth-order valence-electron chi connectivity index (χ4n) is 1.47. The number of aryl methyl sites for hydroxylation is 1. The third-order valence-corrected chi connectivity index (χ3v) is 4.18. The lowest BCUT2D eigenvalue weighted by Crippen LogP contribution is -2.14. The zero-order valence-electron chi connectivity index (χ0n) is 10.1. The zero-order chi connectivity index (χ0) is 14.0. The van der Waals surface area contributed by atoms with Gasteiger partial charge in [-0.15, -0.1) is 0 Å². The number of anilines is 2. The van der Waals surface area contributed by atoms with Crippen LogP contribution in [0.3, 0.4) is 0 Å². The molecule has 0 aliphatic heterocycles. The number of sulfonamides is 1. The van der Waals surface area contributed by atoms with Gasteiger partial charge in [0.15, 0.2) is 0 Å². The average molecular weight is 298 g/mol. The molecule has 19 heavy (non-hydrogen) atoms. The smallest absolute Gasteiger partial charge is 0.263 e. The summed E-state index contributed by atoms with van der Waals surface area (Å²) in [6, 6.07) is 8.34. The highest BCUT2D eigenvalue weighted by Crippen LogP contribution is 2.23. The van der Waals surface area contributed by atoms with Crippen molar-refractivity contribution >= 4 is 33.1 Å². The third kappa shape index (κ3) is 2.97. The van der Waals surface area contributed by atoms with Gasteiger partial charge in [-0.05, 0) is 24.6 Å². The fourth-order valence-corrected chi connectivity index (χ4v) is 2.80. The number of hydrogen-bond acceptors (Lipinski definition) is 4. The summed E-state index contributed by atoms with van der Waals surface area (Å²) in [4.78, 5) is 3.70. The molecule has 100 valence electrons. The monoisotopic (exact) mass is 297 g/mol. The van der Waals surface area contributed by atoms with Crippen LogP contribution in [-0.2, 0) is 10.0 Å². The molecule has 0 aliphatic rings. The molecular formula is C12H12ClN3O2S. The van der Waals surface area contributed by atoms with Gasteiger partial charge in [-0.2, -0.15) is 0 Å². The number of hydrogen-bond donors (Lipinski definition) is 2. The topological polar surface area (TPSA) is 85.1 Å². The molecule has 0 atom stereocenters. The number of nitrogen functional groups attached to an aromatic ring is 1. The van der Waals surface area contributed by atoms with Gasteiger partial charge >= 0.3 is 0 Å². The lowest BCUT2D eigenvalue weighted by atomic mass is 10.2. The van der Waals surface area contributed by atoms with Gasteiger partial charge in [0.1, 0.15) is 10.7 Å². The maximum atomic E-state index is 12.2. The normalized spacial score (nSPS) is 11.3. The SMILES string of the molecule is Cc1ccccc1NS(=O)(=O)c1cnc(N)c(Cl)c1. The number of benzene rings is 1. The first-order valence-electron chi connectivity index (χ1n) is 5.39. The molecule has 0 amide bonds. The Morgan fingerprint density at radius 2 is 2.00 bits per heavy atom. The minimum Gasteiger partial charge on any atom is -0.382 e. The summed E-state index contributed by atoms with van der Waals surface area (Å²) in [6.07, 6.45) is 1.17. The molecule has 0 unspecified atom stereocenters. The van der Waals surface area contributed by atoms with Crippen molar-refractivity contribution in [1.29, 1.82) is 0 Å². The first kappa shape index (κ1) is 13.6. The van der Waals surface area contributed by atoms with Crippen molar-refractivity contribution in [2.24, 2.45) is 0 Å². The van der Waals surface area contributed by atoms with E-state index in [1.807, 2.05) is 19.1 Å². The van der Waals surface area contributed by atoms with Crippen LogP contribution in [0.15, 0.2) is 41.4 Å². The Morgan fingerprint density at radius 1 is 1.32 bits per heavy atom. The Balaban J connectivity index is 2.38. The number of aromatic nitrogens is 1. The van der Waals surface area contributed by atoms with Gasteiger partial charge in [-0.1, -0.05) is 29.8 Å². The molecule has 5 nitrogen and oxygen atoms in total. The number of halogens is 1. The van der Waals surface area contributed by atoms with Crippen molar-refractivity contribution in [3.63, 3.8) is 0 Å². The lowest BCUT2D eigenvalue weighted by Gasteiger charge is -2.10. The quantitative estimate of drug-likeness (QED) is 0.911. The summed E-state index contributed by atoms with van der Waals surface area (Å²) in [6.45, 7) is 1.81. The van der Waals surface area contributed by atoms with E-state index in [1.165, 1.54) is 12.3 Å². The Bertz CT molecular complexity index is 717. The number of pyridine rings is 1. The molecule has 0 bridgehead atoms. The van der Waals surface area contributed by atoms with Gasteiger partial charge in [-0.25, -0.2) is 13.4 Å². The van der Waals surface area contributed by atoms with Crippen molar-refractivity contribution in [2.45, 2.75) is 11.8 Å². The van der Waals surface area contributed by atoms with Crippen molar-refractivity contribution in [2.75, 3.05) is 10.5 Å².